The normalized spacial score (nSPS) is 13.4. The minimum atomic E-state index is 0.553. The van der Waals surface area contributed by atoms with Gasteiger partial charge in [-0.05, 0) is 6.92 Å². The fraction of sp³-hybridized carbons (Fsp3) is 0.625. The predicted octanol–water partition coefficient (Wildman–Crippen LogP) is 2.40. The van der Waals surface area contributed by atoms with Gasteiger partial charge in [0.1, 0.15) is 0 Å². The van der Waals surface area contributed by atoms with Crippen LogP contribution in [0.2, 0.25) is 0 Å². The second-order valence-electron chi connectivity index (χ2n) is 2.66. The molecule has 1 heterocycles. The van der Waals surface area contributed by atoms with Gasteiger partial charge in [0.2, 0.25) is 0 Å². The average molecular weight is 217 g/mol. The number of nitrogens with zero attached hydrogens (tertiary/aromatic N) is 2. The van der Waals surface area contributed by atoms with Crippen molar-refractivity contribution < 1.29 is 0 Å². The maximum absolute atomic E-state index is 4.10. The summed E-state index contributed by atoms with van der Waals surface area (Å²) in [6, 6.07) is 0. The molecule has 1 aromatic rings. The van der Waals surface area contributed by atoms with Crippen molar-refractivity contribution in [2.24, 2.45) is 0 Å². The number of rotatable bonds is 3. The van der Waals surface area contributed by atoms with Crippen LogP contribution in [-0.4, -0.2) is 14.9 Å². The van der Waals surface area contributed by atoms with E-state index in [-0.39, 0.29) is 0 Å². The standard InChI is InChI=1S/C8H13BrN2/c1-3-11-6-10-5-8(11)7(2)4-9/h5-7H,3-4H2,1-2H3. The highest BCUT2D eigenvalue weighted by atomic mass is 79.9. The molecule has 0 amide bonds. The minimum absolute atomic E-state index is 0.553. The molecule has 1 unspecified atom stereocenters. The van der Waals surface area contributed by atoms with E-state index in [9.17, 15) is 0 Å². The molecular formula is C8H13BrN2. The van der Waals surface area contributed by atoms with Crippen LogP contribution in [0, 0.1) is 0 Å². The van der Waals surface area contributed by atoms with Gasteiger partial charge in [0.25, 0.3) is 0 Å². The lowest BCUT2D eigenvalue weighted by Gasteiger charge is -2.09. The summed E-state index contributed by atoms with van der Waals surface area (Å²) in [5.41, 5.74) is 1.31. The molecule has 0 radical (unpaired) electrons. The second kappa shape index (κ2) is 3.90. The Bertz CT molecular complexity index is 220. The van der Waals surface area contributed by atoms with Gasteiger partial charge in [0.05, 0.1) is 6.33 Å². The molecule has 62 valence electrons. The van der Waals surface area contributed by atoms with E-state index in [4.69, 9.17) is 0 Å². The van der Waals surface area contributed by atoms with Crippen molar-refractivity contribution in [3.8, 4) is 0 Å². The number of halogens is 1. The van der Waals surface area contributed by atoms with Crippen molar-refractivity contribution in [2.45, 2.75) is 26.3 Å². The molecule has 0 saturated carbocycles. The summed E-state index contributed by atoms with van der Waals surface area (Å²) in [6.07, 6.45) is 3.82. The van der Waals surface area contributed by atoms with Gasteiger partial charge in [-0.15, -0.1) is 0 Å². The van der Waals surface area contributed by atoms with Gasteiger partial charge in [-0.1, -0.05) is 22.9 Å². The van der Waals surface area contributed by atoms with Crippen molar-refractivity contribution >= 4 is 15.9 Å². The molecule has 0 fully saturated rings. The molecule has 0 aromatic carbocycles. The lowest BCUT2D eigenvalue weighted by Crippen LogP contribution is -2.03. The quantitative estimate of drug-likeness (QED) is 0.711. The van der Waals surface area contributed by atoms with Crippen LogP contribution in [-0.2, 0) is 6.54 Å². The maximum atomic E-state index is 4.10. The zero-order chi connectivity index (χ0) is 8.27. The van der Waals surface area contributed by atoms with E-state index in [0.717, 1.165) is 11.9 Å². The van der Waals surface area contributed by atoms with Gasteiger partial charge >= 0.3 is 0 Å². The van der Waals surface area contributed by atoms with Gasteiger partial charge in [-0.2, -0.15) is 0 Å². The molecule has 3 heteroatoms. The van der Waals surface area contributed by atoms with E-state index in [0.29, 0.717) is 5.92 Å². The van der Waals surface area contributed by atoms with E-state index in [2.05, 4.69) is 39.3 Å². The zero-order valence-corrected chi connectivity index (χ0v) is 8.50. The predicted molar refractivity (Wildman–Crippen MR) is 50.1 cm³/mol. The van der Waals surface area contributed by atoms with E-state index < -0.39 is 0 Å². The highest BCUT2D eigenvalue weighted by Crippen LogP contribution is 2.16. The van der Waals surface area contributed by atoms with E-state index >= 15 is 0 Å². The van der Waals surface area contributed by atoms with Crippen LogP contribution >= 0.6 is 15.9 Å². The third kappa shape index (κ3) is 1.83. The second-order valence-corrected chi connectivity index (χ2v) is 3.31. The summed E-state index contributed by atoms with van der Waals surface area (Å²) >= 11 is 3.46. The maximum Gasteiger partial charge on any atom is 0.0948 e. The van der Waals surface area contributed by atoms with E-state index in [1.54, 1.807) is 0 Å². The lowest BCUT2D eigenvalue weighted by atomic mass is 10.1. The number of aromatic nitrogens is 2. The summed E-state index contributed by atoms with van der Waals surface area (Å²) in [5.74, 6) is 0.553. The first-order chi connectivity index (χ1) is 5.29. The zero-order valence-electron chi connectivity index (χ0n) is 6.92. The summed E-state index contributed by atoms with van der Waals surface area (Å²) < 4.78 is 2.17. The first-order valence-electron chi connectivity index (χ1n) is 3.85. The van der Waals surface area contributed by atoms with Gasteiger partial charge in [-0.25, -0.2) is 4.98 Å². The molecule has 0 spiro atoms. The molecule has 0 bridgehead atoms. The fourth-order valence-electron chi connectivity index (χ4n) is 1.08. The third-order valence-electron chi connectivity index (χ3n) is 1.82. The molecular weight excluding hydrogens is 204 g/mol. The van der Waals surface area contributed by atoms with Crippen LogP contribution in [0.4, 0.5) is 0 Å². The first-order valence-corrected chi connectivity index (χ1v) is 4.97. The van der Waals surface area contributed by atoms with Crippen LogP contribution in [0.25, 0.3) is 0 Å². The molecule has 1 atom stereocenters. The van der Waals surface area contributed by atoms with E-state index in [1.165, 1.54) is 5.69 Å². The SMILES string of the molecule is CCn1cncc1C(C)CBr. The highest BCUT2D eigenvalue weighted by molar-refractivity contribution is 9.09. The highest BCUT2D eigenvalue weighted by Gasteiger charge is 2.07. The van der Waals surface area contributed by atoms with Crippen LogP contribution in [0.5, 0.6) is 0 Å². The summed E-state index contributed by atoms with van der Waals surface area (Å²) in [7, 11) is 0. The Hall–Kier alpha value is -0.310. The van der Waals surface area contributed by atoms with Crippen molar-refractivity contribution in [3.05, 3.63) is 18.2 Å². The Labute approximate surface area is 75.8 Å². The number of hydrogen-bond acceptors (Lipinski definition) is 1. The van der Waals surface area contributed by atoms with E-state index in [1.807, 2.05) is 12.5 Å². The number of aryl methyl sites for hydroxylation is 1. The van der Waals surface area contributed by atoms with Crippen molar-refractivity contribution in [1.82, 2.24) is 9.55 Å². The van der Waals surface area contributed by atoms with Crippen molar-refractivity contribution in [3.63, 3.8) is 0 Å². The Kier molecular flexibility index (Phi) is 3.12. The third-order valence-corrected chi connectivity index (χ3v) is 2.79. The largest absolute Gasteiger partial charge is 0.335 e. The minimum Gasteiger partial charge on any atom is -0.335 e. The molecule has 1 aromatic heterocycles. The fourth-order valence-corrected chi connectivity index (χ4v) is 1.42. The molecule has 0 saturated heterocycles. The summed E-state index contributed by atoms with van der Waals surface area (Å²) in [5, 5.41) is 0.999. The van der Waals surface area contributed by atoms with Crippen LogP contribution in [0.1, 0.15) is 25.5 Å². The molecule has 2 nitrogen and oxygen atoms in total. The smallest absolute Gasteiger partial charge is 0.0948 e. The Morgan fingerprint density at radius 2 is 2.45 bits per heavy atom. The number of hydrogen-bond donors (Lipinski definition) is 0. The summed E-state index contributed by atoms with van der Waals surface area (Å²) in [4.78, 5) is 4.10. The van der Waals surface area contributed by atoms with Gasteiger partial charge < -0.3 is 4.57 Å². The van der Waals surface area contributed by atoms with Crippen molar-refractivity contribution in [2.75, 3.05) is 5.33 Å². The first kappa shape index (κ1) is 8.78. The summed E-state index contributed by atoms with van der Waals surface area (Å²) in [6.45, 7) is 5.33. The van der Waals surface area contributed by atoms with Gasteiger partial charge in [0.15, 0.2) is 0 Å². The van der Waals surface area contributed by atoms with Crippen LogP contribution in [0.3, 0.4) is 0 Å². The van der Waals surface area contributed by atoms with Crippen LogP contribution < -0.4 is 0 Å². The number of imidazole rings is 1. The molecule has 0 aliphatic carbocycles. The molecule has 11 heavy (non-hydrogen) atoms. The average Bonchev–Trinajstić information content (AvgIpc) is 2.50. The monoisotopic (exact) mass is 216 g/mol. The van der Waals surface area contributed by atoms with Gasteiger partial charge in [-0.3, -0.25) is 0 Å². The van der Waals surface area contributed by atoms with Gasteiger partial charge in [0, 0.05) is 29.7 Å². The van der Waals surface area contributed by atoms with Crippen LogP contribution in [0.15, 0.2) is 12.5 Å². The lowest BCUT2D eigenvalue weighted by molar-refractivity contribution is 0.677. The number of alkyl halides is 1. The molecule has 0 aliphatic rings. The Balaban J connectivity index is 2.83. The Morgan fingerprint density at radius 3 is 3.00 bits per heavy atom. The molecule has 0 N–H and O–H groups in total. The topological polar surface area (TPSA) is 17.8 Å². The molecule has 0 aliphatic heterocycles. The Morgan fingerprint density at radius 1 is 1.73 bits per heavy atom. The molecule has 1 rings (SSSR count). The van der Waals surface area contributed by atoms with Crippen molar-refractivity contribution in [1.29, 1.82) is 0 Å².